The van der Waals surface area contributed by atoms with Gasteiger partial charge < -0.3 is 9.72 Å². The summed E-state index contributed by atoms with van der Waals surface area (Å²) in [6.45, 7) is 1.70. The molecule has 2 heterocycles. The van der Waals surface area contributed by atoms with Crippen molar-refractivity contribution in [2.24, 2.45) is 0 Å². The minimum atomic E-state index is -0.601. The normalized spacial score (nSPS) is 11.1. The van der Waals surface area contributed by atoms with Gasteiger partial charge in [0.15, 0.2) is 0 Å². The predicted octanol–water partition coefficient (Wildman–Crippen LogP) is 1.34. The van der Waals surface area contributed by atoms with Crippen molar-refractivity contribution in [3.8, 4) is 0 Å². The number of nitrogens with zero attached hydrogens (tertiary/aromatic N) is 3. The molecule has 0 radical (unpaired) electrons. The molecule has 4 rings (SSSR count). The third-order valence-corrected chi connectivity index (χ3v) is 5.03. The second kappa shape index (κ2) is 8.39. The van der Waals surface area contributed by atoms with Crippen LogP contribution >= 0.6 is 0 Å². The number of aromatic nitrogens is 4. The van der Waals surface area contributed by atoms with Crippen molar-refractivity contribution in [2.75, 3.05) is 6.61 Å². The lowest BCUT2D eigenvalue weighted by molar-refractivity contribution is -0.144. The molecule has 0 unspecified atom stereocenters. The quantitative estimate of drug-likeness (QED) is 0.372. The summed E-state index contributed by atoms with van der Waals surface area (Å²) in [4.78, 5) is 56.2. The lowest BCUT2D eigenvalue weighted by Gasteiger charge is -2.09. The van der Waals surface area contributed by atoms with E-state index in [1.54, 1.807) is 36.4 Å². The van der Waals surface area contributed by atoms with Gasteiger partial charge in [-0.1, -0.05) is 24.3 Å². The number of hydrogen-bond donors (Lipinski definition) is 1. The molecule has 0 amide bonds. The molecule has 158 valence electrons. The first-order valence-corrected chi connectivity index (χ1v) is 9.78. The molecule has 0 aliphatic carbocycles. The van der Waals surface area contributed by atoms with Crippen LogP contribution in [0.25, 0.3) is 21.8 Å². The fourth-order valence-corrected chi connectivity index (χ4v) is 3.45. The van der Waals surface area contributed by atoms with E-state index in [4.69, 9.17) is 4.74 Å². The van der Waals surface area contributed by atoms with Gasteiger partial charge in [0, 0.05) is 6.54 Å². The number of para-hydroxylation sites is 2. The molecular formula is C22H20N4O5. The third kappa shape index (κ3) is 4.02. The molecule has 31 heavy (non-hydrogen) atoms. The van der Waals surface area contributed by atoms with E-state index < -0.39 is 17.2 Å². The number of benzene rings is 2. The SMILES string of the molecule is Cc1cccc2c(=O)n(CC(=O)OCCCn3c(=O)[nH]c4ccccc4c3=O)cnc12. The second-order valence-electron chi connectivity index (χ2n) is 7.16. The number of esters is 1. The molecule has 0 saturated carbocycles. The Hall–Kier alpha value is -4.01. The highest BCUT2D eigenvalue weighted by Crippen LogP contribution is 2.11. The van der Waals surface area contributed by atoms with E-state index in [2.05, 4.69) is 9.97 Å². The van der Waals surface area contributed by atoms with E-state index in [1.165, 1.54) is 10.9 Å². The van der Waals surface area contributed by atoms with Crippen LogP contribution in [0, 0.1) is 6.92 Å². The van der Waals surface area contributed by atoms with Crippen molar-refractivity contribution in [1.29, 1.82) is 0 Å². The molecule has 0 fully saturated rings. The zero-order chi connectivity index (χ0) is 22.0. The smallest absolute Gasteiger partial charge is 0.328 e. The highest BCUT2D eigenvalue weighted by atomic mass is 16.5. The lowest BCUT2D eigenvalue weighted by atomic mass is 10.1. The molecule has 9 nitrogen and oxygen atoms in total. The van der Waals surface area contributed by atoms with Crippen LogP contribution in [0.5, 0.6) is 0 Å². The highest BCUT2D eigenvalue weighted by molar-refractivity contribution is 5.80. The van der Waals surface area contributed by atoms with Crippen molar-refractivity contribution < 1.29 is 9.53 Å². The van der Waals surface area contributed by atoms with Crippen molar-refractivity contribution in [3.05, 3.63) is 85.5 Å². The Morgan fingerprint density at radius 3 is 2.65 bits per heavy atom. The van der Waals surface area contributed by atoms with Crippen molar-refractivity contribution in [1.82, 2.24) is 19.1 Å². The number of nitrogens with one attached hydrogen (secondary N) is 1. The summed E-state index contributed by atoms with van der Waals surface area (Å²) in [5.74, 6) is -0.601. The van der Waals surface area contributed by atoms with Gasteiger partial charge >= 0.3 is 11.7 Å². The maximum Gasteiger partial charge on any atom is 0.328 e. The molecule has 0 bridgehead atoms. The van der Waals surface area contributed by atoms with Crippen LogP contribution in [0.4, 0.5) is 0 Å². The molecule has 2 aromatic carbocycles. The summed E-state index contributed by atoms with van der Waals surface area (Å²) in [5, 5.41) is 0.850. The van der Waals surface area contributed by atoms with Gasteiger partial charge in [-0.05, 0) is 37.1 Å². The van der Waals surface area contributed by atoms with Crippen LogP contribution in [0.3, 0.4) is 0 Å². The second-order valence-corrected chi connectivity index (χ2v) is 7.16. The van der Waals surface area contributed by atoms with E-state index in [1.807, 2.05) is 13.0 Å². The number of carbonyl (C=O) groups excluding carboxylic acids is 1. The number of rotatable bonds is 6. The van der Waals surface area contributed by atoms with E-state index >= 15 is 0 Å². The fraction of sp³-hybridized carbons (Fsp3) is 0.227. The van der Waals surface area contributed by atoms with Crippen molar-refractivity contribution in [2.45, 2.75) is 26.4 Å². The Morgan fingerprint density at radius 1 is 1.03 bits per heavy atom. The van der Waals surface area contributed by atoms with E-state index in [0.29, 0.717) is 21.8 Å². The predicted molar refractivity (Wildman–Crippen MR) is 115 cm³/mol. The Balaban J connectivity index is 1.39. The lowest BCUT2D eigenvalue weighted by Crippen LogP contribution is -2.35. The summed E-state index contributed by atoms with van der Waals surface area (Å²) in [5.41, 5.74) is 0.727. The van der Waals surface area contributed by atoms with Crippen LogP contribution in [0.2, 0.25) is 0 Å². The summed E-state index contributed by atoms with van der Waals surface area (Å²) in [6.07, 6.45) is 1.60. The average Bonchev–Trinajstić information content (AvgIpc) is 2.75. The Kier molecular flexibility index (Phi) is 5.48. The Bertz CT molecular complexity index is 1470. The number of carbonyl (C=O) groups is 1. The Labute approximate surface area is 175 Å². The van der Waals surface area contributed by atoms with E-state index in [0.717, 1.165) is 10.1 Å². The van der Waals surface area contributed by atoms with E-state index in [-0.39, 0.29) is 31.7 Å². The van der Waals surface area contributed by atoms with Crippen LogP contribution in [-0.2, 0) is 22.6 Å². The van der Waals surface area contributed by atoms with Crippen molar-refractivity contribution >= 4 is 27.8 Å². The number of fused-ring (bicyclic) bond motifs is 2. The van der Waals surface area contributed by atoms with Crippen LogP contribution in [-0.4, -0.2) is 31.7 Å². The Morgan fingerprint density at radius 2 is 1.81 bits per heavy atom. The van der Waals surface area contributed by atoms with Gasteiger partial charge in [0.25, 0.3) is 11.1 Å². The molecule has 4 aromatic rings. The first kappa shape index (κ1) is 20.3. The van der Waals surface area contributed by atoms with Crippen LogP contribution in [0.15, 0.2) is 63.2 Å². The minimum Gasteiger partial charge on any atom is -0.464 e. The molecule has 0 atom stereocenters. The topological polar surface area (TPSA) is 116 Å². The maximum atomic E-state index is 12.6. The number of aryl methyl sites for hydroxylation is 1. The molecule has 0 aliphatic heterocycles. The molecule has 0 spiro atoms. The standard InChI is InChI=1S/C22H20N4O5/c1-14-6-4-8-16-19(14)23-13-25(20(16)28)12-18(27)31-11-5-10-26-21(29)15-7-2-3-9-17(15)24-22(26)30/h2-4,6-9,13H,5,10-12H2,1H3,(H,24,30). The van der Waals surface area contributed by atoms with Gasteiger partial charge in [0.1, 0.15) is 6.54 Å². The van der Waals surface area contributed by atoms with Gasteiger partial charge in [-0.25, -0.2) is 9.78 Å². The first-order valence-electron chi connectivity index (χ1n) is 9.78. The number of hydrogen-bond acceptors (Lipinski definition) is 6. The van der Waals surface area contributed by atoms with Crippen molar-refractivity contribution in [3.63, 3.8) is 0 Å². The zero-order valence-electron chi connectivity index (χ0n) is 16.8. The van der Waals surface area contributed by atoms with Gasteiger partial charge in [0.05, 0.1) is 34.7 Å². The maximum absolute atomic E-state index is 12.6. The van der Waals surface area contributed by atoms with Crippen LogP contribution < -0.4 is 16.8 Å². The minimum absolute atomic E-state index is 0.00636. The fourth-order valence-electron chi connectivity index (χ4n) is 3.45. The monoisotopic (exact) mass is 420 g/mol. The molecule has 0 saturated heterocycles. The number of H-pyrrole nitrogens is 1. The number of aromatic amines is 1. The van der Waals surface area contributed by atoms with Gasteiger partial charge in [-0.3, -0.25) is 23.5 Å². The first-order chi connectivity index (χ1) is 15.0. The molecule has 2 aromatic heterocycles. The van der Waals surface area contributed by atoms with Gasteiger partial charge in [-0.2, -0.15) is 0 Å². The zero-order valence-corrected chi connectivity index (χ0v) is 16.8. The largest absolute Gasteiger partial charge is 0.464 e. The molecule has 9 heteroatoms. The number of ether oxygens (including phenoxy) is 1. The van der Waals surface area contributed by atoms with E-state index in [9.17, 15) is 19.2 Å². The molecule has 1 N–H and O–H groups in total. The summed E-state index contributed by atoms with van der Waals surface area (Å²) < 4.78 is 7.45. The van der Waals surface area contributed by atoms with Gasteiger partial charge in [0.2, 0.25) is 0 Å². The molecular weight excluding hydrogens is 400 g/mol. The summed E-state index contributed by atoms with van der Waals surface area (Å²) >= 11 is 0. The summed E-state index contributed by atoms with van der Waals surface area (Å²) in [7, 11) is 0. The third-order valence-electron chi connectivity index (χ3n) is 5.03. The highest BCUT2D eigenvalue weighted by Gasteiger charge is 2.11. The van der Waals surface area contributed by atoms with Crippen LogP contribution in [0.1, 0.15) is 12.0 Å². The van der Waals surface area contributed by atoms with Gasteiger partial charge in [-0.15, -0.1) is 0 Å². The molecule has 0 aliphatic rings. The summed E-state index contributed by atoms with van der Waals surface area (Å²) in [6, 6.07) is 12.0. The average molecular weight is 420 g/mol.